The third-order valence-corrected chi connectivity index (χ3v) is 6.38. The summed E-state index contributed by atoms with van der Waals surface area (Å²) < 4.78 is 5.49. The molecule has 0 atom stereocenters. The van der Waals surface area contributed by atoms with E-state index >= 15 is 0 Å². The number of ether oxygens (including phenoxy) is 1. The molecule has 164 valence electrons. The molecular weight excluding hydrogens is 344 g/mol. The summed E-state index contributed by atoms with van der Waals surface area (Å²) in [7, 11) is 0. The first-order chi connectivity index (χ1) is 13.6. The molecule has 0 aliphatic heterocycles. The van der Waals surface area contributed by atoms with Crippen molar-refractivity contribution in [2.24, 2.45) is 5.92 Å². The number of hydrogen-bond acceptors (Lipinski definition) is 2. The summed E-state index contributed by atoms with van der Waals surface area (Å²) in [6.07, 6.45) is 26.1. The average Bonchev–Trinajstić information content (AvgIpc) is 2.69. The molecule has 0 spiro atoms. The number of hydrogen-bond donors (Lipinski definition) is 0. The normalized spacial score (nSPS) is 19.5. The van der Waals surface area contributed by atoms with Gasteiger partial charge in [0.15, 0.2) is 0 Å². The van der Waals surface area contributed by atoms with Crippen LogP contribution in [0.2, 0.25) is 0 Å². The molecule has 1 aliphatic carbocycles. The molecule has 1 aliphatic rings. The smallest absolute Gasteiger partial charge is 0.333 e. The maximum absolute atomic E-state index is 11.6. The van der Waals surface area contributed by atoms with E-state index < -0.39 is 0 Å². The molecule has 0 aromatic heterocycles. The third-order valence-electron chi connectivity index (χ3n) is 6.38. The van der Waals surface area contributed by atoms with Gasteiger partial charge in [-0.05, 0) is 38.5 Å². The van der Waals surface area contributed by atoms with E-state index in [0.29, 0.717) is 5.57 Å². The van der Waals surface area contributed by atoms with E-state index in [2.05, 4.69) is 13.5 Å². The van der Waals surface area contributed by atoms with Crippen molar-refractivity contribution in [2.45, 2.75) is 142 Å². The van der Waals surface area contributed by atoms with E-state index in [-0.39, 0.29) is 12.1 Å². The van der Waals surface area contributed by atoms with Gasteiger partial charge in [-0.2, -0.15) is 0 Å². The highest BCUT2D eigenvalue weighted by molar-refractivity contribution is 5.87. The van der Waals surface area contributed by atoms with E-state index in [1.54, 1.807) is 6.92 Å². The summed E-state index contributed by atoms with van der Waals surface area (Å²) in [5.74, 6) is 0.646. The van der Waals surface area contributed by atoms with Crippen molar-refractivity contribution >= 4 is 5.97 Å². The maximum atomic E-state index is 11.6. The Labute approximate surface area is 175 Å². The summed E-state index contributed by atoms with van der Waals surface area (Å²) in [5, 5.41) is 0. The van der Waals surface area contributed by atoms with Crippen LogP contribution in [0.4, 0.5) is 0 Å². The minimum atomic E-state index is -0.213. The van der Waals surface area contributed by atoms with Gasteiger partial charge >= 0.3 is 5.97 Å². The van der Waals surface area contributed by atoms with Gasteiger partial charge in [0.25, 0.3) is 0 Å². The minimum absolute atomic E-state index is 0.136. The van der Waals surface area contributed by atoms with Crippen LogP contribution in [0.1, 0.15) is 136 Å². The molecular formula is C26H48O2. The second kappa shape index (κ2) is 17.1. The highest BCUT2D eigenvalue weighted by atomic mass is 16.5. The van der Waals surface area contributed by atoms with Crippen LogP contribution in [0.3, 0.4) is 0 Å². The molecule has 1 rings (SSSR count). The number of carbonyl (C=O) groups is 1. The first kappa shape index (κ1) is 25.2. The number of rotatable bonds is 17. The van der Waals surface area contributed by atoms with Gasteiger partial charge in [-0.3, -0.25) is 0 Å². The van der Waals surface area contributed by atoms with Crippen molar-refractivity contribution in [3.8, 4) is 0 Å². The van der Waals surface area contributed by atoms with Crippen molar-refractivity contribution in [1.82, 2.24) is 0 Å². The quantitative estimate of drug-likeness (QED) is 0.141. The first-order valence-corrected chi connectivity index (χ1v) is 12.5. The maximum Gasteiger partial charge on any atom is 0.333 e. The lowest BCUT2D eigenvalue weighted by atomic mass is 9.84. The largest absolute Gasteiger partial charge is 0.459 e. The van der Waals surface area contributed by atoms with E-state index in [0.717, 1.165) is 18.8 Å². The molecule has 0 aromatic carbocycles. The SMILES string of the molecule is C=C(C)C(=O)OC1CCC(CCCCCCCCCCCCCCCC)CC1. The number of esters is 1. The molecule has 28 heavy (non-hydrogen) atoms. The summed E-state index contributed by atoms with van der Waals surface area (Å²) in [5.41, 5.74) is 0.518. The second-order valence-electron chi connectivity index (χ2n) is 9.21. The second-order valence-corrected chi connectivity index (χ2v) is 9.21. The molecule has 1 saturated carbocycles. The van der Waals surface area contributed by atoms with Crippen molar-refractivity contribution in [2.75, 3.05) is 0 Å². The molecule has 1 fully saturated rings. The Balaban J connectivity index is 1.82. The minimum Gasteiger partial charge on any atom is -0.459 e. The molecule has 2 heteroatoms. The summed E-state index contributed by atoms with van der Waals surface area (Å²) in [4.78, 5) is 11.6. The van der Waals surface area contributed by atoms with Gasteiger partial charge in [0.2, 0.25) is 0 Å². The highest BCUT2D eigenvalue weighted by Gasteiger charge is 2.23. The van der Waals surface area contributed by atoms with Gasteiger partial charge in [-0.1, -0.05) is 110 Å². The molecule has 0 heterocycles. The molecule has 0 aromatic rings. The Bertz CT molecular complexity index is 393. The molecule has 0 amide bonds. The van der Waals surface area contributed by atoms with Crippen LogP contribution in [0.5, 0.6) is 0 Å². The van der Waals surface area contributed by atoms with Crippen LogP contribution in [0.15, 0.2) is 12.2 Å². The van der Waals surface area contributed by atoms with Crippen LogP contribution < -0.4 is 0 Å². The predicted molar refractivity (Wildman–Crippen MR) is 122 cm³/mol. The summed E-state index contributed by atoms with van der Waals surface area (Å²) >= 11 is 0. The van der Waals surface area contributed by atoms with Crippen molar-refractivity contribution in [1.29, 1.82) is 0 Å². The number of carbonyl (C=O) groups excluding carboxylic acids is 1. The average molecular weight is 393 g/mol. The zero-order valence-corrected chi connectivity index (χ0v) is 19.1. The Kier molecular flexibility index (Phi) is 15.4. The third kappa shape index (κ3) is 13.4. The first-order valence-electron chi connectivity index (χ1n) is 12.5. The van der Waals surface area contributed by atoms with Gasteiger partial charge in [-0.15, -0.1) is 0 Å². The molecule has 2 nitrogen and oxygen atoms in total. The Morgan fingerprint density at radius 1 is 0.750 bits per heavy atom. The van der Waals surface area contributed by atoms with Crippen LogP contribution in [-0.2, 0) is 9.53 Å². The van der Waals surface area contributed by atoms with E-state index in [9.17, 15) is 4.79 Å². The van der Waals surface area contributed by atoms with E-state index in [1.165, 1.54) is 109 Å². The van der Waals surface area contributed by atoms with E-state index in [1.807, 2.05) is 0 Å². The van der Waals surface area contributed by atoms with Crippen LogP contribution in [0.25, 0.3) is 0 Å². The Hall–Kier alpha value is -0.790. The van der Waals surface area contributed by atoms with Crippen LogP contribution >= 0.6 is 0 Å². The van der Waals surface area contributed by atoms with E-state index in [4.69, 9.17) is 4.74 Å². The van der Waals surface area contributed by atoms with Crippen molar-refractivity contribution in [3.05, 3.63) is 12.2 Å². The van der Waals surface area contributed by atoms with Crippen molar-refractivity contribution in [3.63, 3.8) is 0 Å². The van der Waals surface area contributed by atoms with Gasteiger partial charge < -0.3 is 4.74 Å². The lowest BCUT2D eigenvalue weighted by Crippen LogP contribution is -2.24. The standard InChI is InChI=1S/C26H48O2/c1-4-5-6-7-8-9-10-11-12-13-14-15-16-17-18-24-19-21-25(22-20-24)28-26(27)23(2)3/h24-25H,2,4-22H2,1,3H3. The summed E-state index contributed by atoms with van der Waals surface area (Å²) in [6, 6.07) is 0. The lowest BCUT2D eigenvalue weighted by Gasteiger charge is -2.28. The molecule has 0 N–H and O–H groups in total. The van der Waals surface area contributed by atoms with Gasteiger partial charge in [0.05, 0.1) is 0 Å². The van der Waals surface area contributed by atoms with Gasteiger partial charge in [0.1, 0.15) is 6.10 Å². The van der Waals surface area contributed by atoms with Crippen LogP contribution in [-0.4, -0.2) is 12.1 Å². The fraction of sp³-hybridized carbons (Fsp3) is 0.885. The summed E-state index contributed by atoms with van der Waals surface area (Å²) in [6.45, 7) is 7.68. The fourth-order valence-electron chi connectivity index (χ4n) is 4.42. The molecule has 0 radical (unpaired) electrons. The lowest BCUT2D eigenvalue weighted by molar-refractivity contribution is -0.146. The molecule has 0 saturated heterocycles. The topological polar surface area (TPSA) is 26.3 Å². The highest BCUT2D eigenvalue weighted by Crippen LogP contribution is 2.30. The Morgan fingerprint density at radius 2 is 1.18 bits per heavy atom. The van der Waals surface area contributed by atoms with Gasteiger partial charge in [0, 0.05) is 5.57 Å². The molecule has 0 bridgehead atoms. The van der Waals surface area contributed by atoms with Gasteiger partial charge in [-0.25, -0.2) is 4.79 Å². The fourth-order valence-corrected chi connectivity index (χ4v) is 4.42. The zero-order valence-electron chi connectivity index (χ0n) is 19.1. The zero-order chi connectivity index (χ0) is 20.5. The monoisotopic (exact) mass is 392 g/mol. The number of unbranched alkanes of at least 4 members (excludes halogenated alkanes) is 13. The Morgan fingerprint density at radius 3 is 1.61 bits per heavy atom. The molecule has 0 unspecified atom stereocenters. The van der Waals surface area contributed by atoms with Crippen LogP contribution in [0, 0.1) is 5.92 Å². The van der Waals surface area contributed by atoms with Crippen molar-refractivity contribution < 1.29 is 9.53 Å². The predicted octanol–water partition coefficient (Wildman–Crippen LogP) is 8.54.